The Labute approximate surface area is 135 Å². The summed E-state index contributed by atoms with van der Waals surface area (Å²) >= 11 is 0. The van der Waals surface area contributed by atoms with Gasteiger partial charge in [-0.3, -0.25) is 9.79 Å². The van der Waals surface area contributed by atoms with E-state index in [0.717, 1.165) is 38.6 Å². The molecule has 1 rings (SSSR count). The molecule has 0 saturated carbocycles. The van der Waals surface area contributed by atoms with Crippen LogP contribution in [0.3, 0.4) is 0 Å². The fraction of sp³-hybridized carbons (Fsp3) is 0.875. The molecule has 128 valence electrons. The first-order chi connectivity index (χ1) is 10.3. The van der Waals surface area contributed by atoms with Gasteiger partial charge in [-0.25, -0.2) is 0 Å². The smallest absolute Gasteiger partial charge is 0.222 e. The summed E-state index contributed by atoms with van der Waals surface area (Å²) in [5, 5.41) is 6.76. The minimum atomic E-state index is 0.0161. The Morgan fingerprint density at radius 3 is 2.59 bits per heavy atom. The largest absolute Gasteiger partial charge is 0.357 e. The number of nitrogens with zero attached hydrogens (tertiary/aromatic N) is 3. The van der Waals surface area contributed by atoms with E-state index in [1.54, 1.807) is 0 Å². The number of nitrogens with one attached hydrogen (secondary N) is 2. The Hall–Kier alpha value is -1.30. The molecule has 1 fully saturated rings. The number of hydrogen-bond acceptors (Lipinski definition) is 3. The fourth-order valence-corrected chi connectivity index (χ4v) is 2.26. The first-order valence-electron chi connectivity index (χ1n) is 8.30. The van der Waals surface area contributed by atoms with Crippen LogP contribution in [0.1, 0.15) is 40.5 Å². The number of guanidine groups is 1. The maximum atomic E-state index is 11.8. The number of rotatable bonds is 6. The number of aliphatic imine (C=N–C) groups is 1. The lowest BCUT2D eigenvalue weighted by Gasteiger charge is -2.31. The van der Waals surface area contributed by atoms with Crippen LogP contribution in [0.15, 0.2) is 4.99 Å². The van der Waals surface area contributed by atoms with E-state index in [1.807, 2.05) is 11.8 Å². The van der Waals surface area contributed by atoms with E-state index >= 15 is 0 Å². The lowest BCUT2D eigenvalue weighted by molar-refractivity contribution is -0.129. The van der Waals surface area contributed by atoms with Gasteiger partial charge in [0.15, 0.2) is 5.96 Å². The van der Waals surface area contributed by atoms with Crippen LogP contribution in [0.25, 0.3) is 0 Å². The van der Waals surface area contributed by atoms with Crippen molar-refractivity contribution in [2.24, 2.45) is 4.99 Å². The predicted octanol–water partition coefficient (Wildman–Crippen LogP) is 0.893. The van der Waals surface area contributed by atoms with Crippen LogP contribution >= 0.6 is 0 Å². The van der Waals surface area contributed by atoms with Crippen LogP contribution in [0.4, 0.5) is 0 Å². The first kappa shape index (κ1) is 18.7. The number of likely N-dealkylation sites (tertiary alicyclic amines) is 1. The molecule has 1 aliphatic heterocycles. The van der Waals surface area contributed by atoms with Crippen molar-refractivity contribution in [3.8, 4) is 0 Å². The molecule has 0 aromatic heterocycles. The molecule has 0 aliphatic carbocycles. The van der Waals surface area contributed by atoms with Gasteiger partial charge in [0.25, 0.3) is 0 Å². The molecule has 1 unspecified atom stereocenters. The van der Waals surface area contributed by atoms with E-state index in [-0.39, 0.29) is 17.5 Å². The van der Waals surface area contributed by atoms with Crippen molar-refractivity contribution >= 4 is 11.9 Å². The van der Waals surface area contributed by atoms with E-state index in [1.165, 1.54) is 0 Å². The van der Waals surface area contributed by atoms with Crippen molar-refractivity contribution in [1.29, 1.82) is 0 Å². The highest BCUT2D eigenvalue weighted by atomic mass is 16.2. The van der Waals surface area contributed by atoms with E-state index < -0.39 is 0 Å². The molecule has 0 radical (unpaired) electrons. The van der Waals surface area contributed by atoms with Gasteiger partial charge in [-0.1, -0.05) is 6.92 Å². The van der Waals surface area contributed by atoms with Gasteiger partial charge in [0, 0.05) is 37.6 Å². The highest BCUT2D eigenvalue weighted by molar-refractivity contribution is 5.80. The number of hydrogen-bond donors (Lipinski definition) is 2. The molecular formula is C16H33N5O. The van der Waals surface area contributed by atoms with Crippen LogP contribution in [-0.4, -0.2) is 73.5 Å². The van der Waals surface area contributed by atoms with E-state index in [4.69, 9.17) is 4.99 Å². The van der Waals surface area contributed by atoms with Gasteiger partial charge < -0.3 is 20.4 Å². The topological polar surface area (TPSA) is 60.0 Å². The summed E-state index contributed by atoms with van der Waals surface area (Å²) in [7, 11) is 4.14. The van der Waals surface area contributed by atoms with Gasteiger partial charge >= 0.3 is 0 Å². The molecule has 1 heterocycles. The van der Waals surface area contributed by atoms with Crippen molar-refractivity contribution in [2.75, 3.05) is 40.3 Å². The van der Waals surface area contributed by atoms with Gasteiger partial charge in [-0.05, 0) is 41.3 Å². The standard InChI is InChI=1S/C16H33N5O/c1-7-14(22)21-10-9-13(11-21)19-15(17-8-2)18-12-16(3,4)20(5)6/h13H,7-12H2,1-6H3,(H2,17,18,19). The molecule has 0 aromatic rings. The lowest BCUT2D eigenvalue weighted by Crippen LogP contribution is -2.47. The highest BCUT2D eigenvalue weighted by Crippen LogP contribution is 2.12. The maximum Gasteiger partial charge on any atom is 0.222 e. The SMILES string of the molecule is CCNC(=NCC(C)(C)N(C)C)NC1CCN(C(=O)CC)C1. The van der Waals surface area contributed by atoms with Gasteiger partial charge in [-0.2, -0.15) is 0 Å². The van der Waals surface area contributed by atoms with E-state index in [9.17, 15) is 4.79 Å². The number of carbonyl (C=O) groups is 1. The lowest BCUT2D eigenvalue weighted by atomic mass is 10.1. The maximum absolute atomic E-state index is 11.8. The Balaban J connectivity index is 2.60. The van der Waals surface area contributed by atoms with Crippen molar-refractivity contribution in [1.82, 2.24) is 20.4 Å². The molecule has 1 aliphatic rings. The zero-order valence-corrected chi connectivity index (χ0v) is 15.1. The predicted molar refractivity (Wildman–Crippen MR) is 92.2 cm³/mol. The van der Waals surface area contributed by atoms with Crippen molar-refractivity contribution in [3.05, 3.63) is 0 Å². The van der Waals surface area contributed by atoms with Gasteiger partial charge in [0.1, 0.15) is 0 Å². The molecule has 22 heavy (non-hydrogen) atoms. The van der Waals surface area contributed by atoms with Crippen LogP contribution in [0.5, 0.6) is 0 Å². The van der Waals surface area contributed by atoms with Crippen LogP contribution < -0.4 is 10.6 Å². The Bertz CT molecular complexity index is 392. The molecule has 6 heteroatoms. The molecular weight excluding hydrogens is 278 g/mol. The Kier molecular flexibility index (Phi) is 7.13. The van der Waals surface area contributed by atoms with Gasteiger partial charge in [-0.15, -0.1) is 0 Å². The zero-order chi connectivity index (χ0) is 16.8. The first-order valence-corrected chi connectivity index (χ1v) is 8.30. The quantitative estimate of drug-likeness (QED) is 0.565. The third-order valence-corrected chi connectivity index (χ3v) is 4.36. The van der Waals surface area contributed by atoms with Crippen molar-refractivity contribution in [2.45, 2.75) is 52.1 Å². The van der Waals surface area contributed by atoms with Gasteiger partial charge in [0.2, 0.25) is 5.91 Å². The number of carbonyl (C=O) groups excluding carboxylic acids is 1. The third-order valence-electron chi connectivity index (χ3n) is 4.36. The Morgan fingerprint density at radius 2 is 2.05 bits per heavy atom. The van der Waals surface area contributed by atoms with Crippen molar-refractivity contribution < 1.29 is 4.79 Å². The monoisotopic (exact) mass is 311 g/mol. The summed E-state index contributed by atoms with van der Waals surface area (Å²) in [4.78, 5) is 20.6. The second-order valence-electron chi connectivity index (χ2n) is 6.73. The minimum absolute atomic E-state index is 0.0161. The van der Waals surface area contributed by atoms with Crippen LogP contribution in [0, 0.1) is 0 Å². The Morgan fingerprint density at radius 1 is 1.36 bits per heavy atom. The summed E-state index contributed by atoms with van der Waals surface area (Å²) < 4.78 is 0. The average Bonchev–Trinajstić information content (AvgIpc) is 2.92. The second kappa shape index (κ2) is 8.36. The molecule has 6 nitrogen and oxygen atoms in total. The summed E-state index contributed by atoms with van der Waals surface area (Å²) in [6, 6.07) is 0.288. The summed E-state index contributed by atoms with van der Waals surface area (Å²) in [6.45, 7) is 11.5. The molecule has 1 amide bonds. The normalized spacial score (nSPS) is 19.7. The average molecular weight is 311 g/mol. The third kappa shape index (κ3) is 5.48. The van der Waals surface area contributed by atoms with Crippen LogP contribution in [0.2, 0.25) is 0 Å². The number of amides is 1. The highest BCUT2D eigenvalue weighted by Gasteiger charge is 2.26. The van der Waals surface area contributed by atoms with E-state index in [2.05, 4.69) is 50.4 Å². The molecule has 2 N–H and O–H groups in total. The van der Waals surface area contributed by atoms with Crippen molar-refractivity contribution in [3.63, 3.8) is 0 Å². The summed E-state index contributed by atoms with van der Waals surface area (Å²) in [6.07, 6.45) is 1.56. The van der Waals surface area contributed by atoms with Crippen LogP contribution in [-0.2, 0) is 4.79 Å². The molecule has 0 bridgehead atoms. The summed E-state index contributed by atoms with van der Waals surface area (Å²) in [5.74, 6) is 1.08. The molecule has 1 atom stereocenters. The second-order valence-corrected chi connectivity index (χ2v) is 6.73. The minimum Gasteiger partial charge on any atom is -0.357 e. The van der Waals surface area contributed by atoms with E-state index in [0.29, 0.717) is 6.42 Å². The summed E-state index contributed by atoms with van der Waals surface area (Å²) in [5.41, 5.74) is 0.0161. The molecule has 0 spiro atoms. The molecule has 1 saturated heterocycles. The molecule has 0 aromatic carbocycles. The fourth-order valence-electron chi connectivity index (χ4n) is 2.26. The number of likely N-dealkylation sites (N-methyl/N-ethyl adjacent to an activating group) is 1. The zero-order valence-electron chi connectivity index (χ0n) is 15.1. The van der Waals surface area contributed by atoms with Gasteiger partial charge in [0.05, 0.1) is 6.54 Å².